The molecule has 1 aromatic carbocycles. The predicted molar refractivity (Wildman–Crippen MR) is 58.1 cm³/mol. The third-order valence-corrected chi connectivity index (χ3v) is 3.44. The summed E-state index contributed by atoms with van der Waals surface area (Å²) in [5, 5.41) is 8.61. The van der Waals surface area contributed by atoms with Gasteiger partial charge >= 0.3 is 0 Å². The summed E-state index contributed by atoms with van der Waals surface area (Å²) in [5.41, 5.74) is 0.377. The summed E-state index contributed by atoms with van der Waals surface area (Å²) in [6, 6.07) is 6.37. The van der Waals surface area contributed by atoms with Crippen molar-refractivity contribution >= 4 is 10.8 Å². The number of hydrogen-bond acceptors (Lipinski definition) is 2. The fourth-order valence-electron chi connectivity index (χ4n) is 1.25. The van der Waals surface area contributed by atoms with Gasteiger partial charge in [0.05, 0.1) is 11.3 Å². The van der Waals surface area contributed by atoms with Crippen molar-refractivity contribution < 1.29 is 8.60 Å². The molecule has 0 heterocycles. The van der Waals surface area contributed by atoms with E-state index in [4.69, 9.17) is 5.26 Å². The Balaban J connectivity index is 2.87. The Kier molecular flexibility index (Phi) is 4.44. The predicted octanol–water partition coefficient (Wildman–Crippen LogP) is 2.36. The molecule has 0 fully saturated rings. The molecule has 1 rings (SSSR count). The molecule has 0 spiro atoms. The molecule has 15 heavy (non-hydrogen) atoms. The highest BCUT2D eigenvalue weighted by atomic mass is 32.2. The molecule has 0 aromatic heterocycles. The smallest absolute Gasteiger partial charge is 0.145 e. The Hall–Kier alpha value is -1.21. The van der Waals surface area contributed by atoms with Crippen LogP contribution in [0, 0.1) is 17.1 Å². The molecule has 80 valence electrons. The van der Waals surface area contributed by atoms with Crippen LogP contribution in [0.1, 0.15) is 24.5 Å². The van der Waals surface area contributed by atoms with Crippen LogP contribution in [0.4, 0.5) is 4.39 Å². The largest absolute Gasteiger partial charge is 0.259 e. The van der Waals surface area contributed by atoms with Crippen LogP contribution in [0.5, 0.6) is 0 Å². The summed E-state index contributed by atoms with van der Waals surface area (Å²) in [6.07, 6.45) is 0.812. The van der Waals surface area contributed by atoms with Crippen LogP contribution >= 0.6 is 0 Å². The number of nitrogens with zero attached hydrogens (tertiary/aromatic N) is 1. The van der Waals surface area contributed by atoms with E-state index in [0.29, 0.717) is 11.3 Å². The average Bonchev–Trinajstić information content (AvgIpc) is 2.21. The van der Waals surface area contributed by atoms with E-state index in [9.17, 15) is 8.60 Å². The van der Waals surface area contributed by atoms with Crippen molar-refractivity contribution in [3.05, 3.63) is 35.1 Å². The second-order valence-corrected chi connectivity index (χ2v) is 4.76. The number of halogens is 1. The molecule has 0 aliphatic heterocycles. The lowest BCUT2D eigenvalue weighted by molar-refractivity contribution is 0.611. The van der Waals surface area contributed by atoms with Gasteiger partial charge in [-0.25, -0.2) is 4.39 Å². The van der Waals surface area contributed by atoms with E-state index in [1.807, 2.05) is 6.92 Å². The summed E-state index contributed by atoms with van der Waals surface area (Å²) in [4.78, 5) is 0. The van der Waals surface area contributed by atoms with Crippen LogP contribution in [0.15, 0.2) is 18.2 Å². The highest BCUT2D eigenvalue weighted by molar-refractivity contribution is 7.84. The lowest BCUT2D eigenvalue weighted by Crippen LogP contribution is -2.03. The number of benzene rings is 1. The van der Waals surface area contributed by atoms with Crippen molar-refractivity contribution in [2.75, 3.05) is 5.75 Å². The summed E-state index contributed by atoms with van der Waals surface area (Å²) in [7, 11) is -1.04. The number of nitriles is 1. The normalized spacial score (nSPS) is 12.1. The third kappa shape index (κ3) is 3.14. The molecular formula is C11H12FNOS. The van der Waals surface area contributed by atoms with Crippen molar-refractivity contribution in [2.24, 2.45) is 0 Å². The van der Waals surface area contributed by atoms with Gasteiger partial charge in [0, 0.05) is 22.1 Å². The van der Waals surface area contributed by atoms with E-state index in [-0.39, 0.29) is 11.3 Å². The number of hydrogen-bond donors (Lipinski definition) is 0. The highest BCUT2D eigenvalue weighted by Gasteiger charge is 2.09. The van der Waals surface area contributed by atoms with Crippen LogP contribution in [0.2, 0.25) is 0 Å². The molecule has 4 heteroatoms. The van der Waals surface area contributed by atoms with Crippen molar-refractivity contribution in [1.82, 2.24) is 0 Å². The first-order valence-electron chi connectivity index (χ1n) is 4.71. The monoisotopic (exact) mass is 225 g/mol. The quantitative estimate of drug-likeness (QED) is 0.789. The second-order valence-electron chi connectivity index (χ2n) is 3.18. The maximum atomic E-state index is 13.5. The molecule has 0 radical (unpaired) electrons. The molecule has 0 bridgehead atoms. The first-order chi connectivity index (χ1) is 7.19. The van der Waals surface area contributed by atoms with Gasteiger partial charge in [0.25, 0.3) is 0 Å². The fraction of sp³-hybridized carbons (Fsp3) is 0.364. The molecule has 0 aliphatic rings. The van der Waals surface area contributed by atoms with Gasteiger partial charge < -0.3 is 0 Å². The molecule has 0 saturated heterocycles. The van der Waals surface area contributed by atoms with Gasteiger partial charge in [-0.2, -0.15) is 5.26 Å². The van der Waals surface area contributed by atoms with Crippen LogP contribution < -0.4 is 0 Å². The molecular weight excluding hydrogens is 213 g/mol. The molecule has 1 aromatic rings. The minimum atomic E-state index is -1.04. The van der Waals surface area contributed by atoms with E-state index in [2.05, 4.69) is 0 Å². The van der Waals surface area contributed by atoms with Gasteiger partial charge in [0.2, 0.25) is 0 Å². The Morgan fingerprint density at radius 1 is 1.53 bits per heavy atom. The summed E-state index contributed by atoms with van der Waals surface area (Å²) < 4.78 is 24.9. The maximum absolute atomic E-state index is 13.5. The van der Waals surface area contributed by atoms with E-state index < -0.39 is 16.6 Å². The number of rotatable bonds is 4. The second kappa shape index (κ2) is 5.62. The Bertz CT molecular complexity index is 412. The van der Waals surface area contributed by atoms with E-state index >= 15 is 0 Å². The van der Waals surface area contributed by atoms with Crippen LogP contribution in [-0.4, -0.2) is 9.96 Å². The molecule has 0 aliphatic carbocycles. The minimum absolute atomic E-state index is 0.0148. The molecule has 1 unspecified atom stereocenters. The first-order valence-corrected chi connectivity index (χ1v) is 6.20. The van der Waals surface area contributed by atoms with Gasteiger partial charge in [0.15, 0.2) is 0 Å². The van der Waals surface area contributed by atoms with Crippen LogP contribution in [0.3, 0.4) is 0 Å². The summed E-state index contributed by atoms with van der Waals surface area (Å²) >= 11 is 0. The first kappa shape index (κ1) is 11.9. The zero-order chi connectivity index (χ0) is 11.3. The fourth-order valence-corrected chi connectivity index (χ4v) is 2.42. The van der Waals surface area contributed by atoms with E-state index in [1.54, 1.807) is 18.2 Å². The van der Waals surface area contributed by atoms with Crippen LogP contribution in [0.25, 0.3) is 0 Å². The summed E-state index contributed by atoms with van der Waals surface area (Å²) in [6.45, 7) is 1.93. The topological polar surface area (TPSA) is 40.9 Å². The summed E-state index contributed by atoms with van der Waals surface area (Å²) in [5.74, 6) is 0.218. The zero-order valence-corrected chi connectivity index (χ0v) is 9.31. The lowest BCUT2D eigenvalue weighted by atomic mass is 10.1. The highest BCUT2D eigenvalue weighted by Crippen LogP contribution is 2.14. The van der Waals surface area contributed by atoms with Gasteiger partial charge in [-0.15, -0.1) is 0 Å². The van der Waals surface area contributed by atoms with Gasteiger partial charge in [0.1, 0.15) is 11.9 Å². The molecule has 0 saturated carbocycles. The molecule has 2 nitrogen and oxygen atoms in total. The average molecular weight is 225 g/mol. The minimum Gasteiger partial charge on any atom is -0.259 e. The van der Waals surface area contributed by atoms with Crippen molar-refractivity contribution in [2.45, 2.75) is 19.1 Å². The Morgan fingerprint density at radius 3 is 2.87 bits per heavy atom. The van der Waals surface area contributed by atoms with Gasteiger partial charge in [-0.05, 0) is 12.5 Å². The Morgan fingerprint density at radius 2 is 2.27 bits per heavy atom. The van der Waals surface area contributed by atoms with E-state index in [1.165, 1.54) is 6.07 Å². The van der Waals surface area contributed by atoms with Crippen molar-refractivity contribution in [3.63, 3.8) is 0 Å². The Labute approximate surface area is 91.2 Å². The van der Waals surface area contributed by atoms with E-state index in [0.717, 1.165) is 6.42 Å². The van der Waals surface area contributed by atoms with Crippen molar-refractivity contribution in [1.29, 1.82) is 5.26 Å². The SMILES string of the molecule is CCCS(=O)Cc1cccc(C#N)c1F. The molecule has 0 N–H and O–H groups in total. The van der Waals surface area contributed by atoms with Crippen LogP contribution in [-0.2, 0) is 16.6 Å². The molecule has 0 amide bonds. The standard InChI is InChI=1S/C11H12FNOS/c1-2-6-15(14)8-10-5-3-4-9(7-13)11(10)12/h3-5H,2,6,8H2,1H3. The van der Waals surface area contributed by atoms with Gasteiger partial charge in [-0.1, -0.05) is 19.1 Å². The van der Waals surface area contributed by atoms with Gasteiger partial charge in [-0.3, -0.25) is 4.21 Å². The zero-order valence-electron chi connectivity index (χ0n) is 8.50. The lowest BCUT2D eigenvalue weighted by Gasteiger charge is -2.03. The molecule has 1 atom stereocenters. The third-order valence-electron chi connectivity index (χ3n) is 1.95. The van der Waals surface area contributed by atoms with Crippen molar-refractivity contribution in [3.8, 4) is 6.07 Å². The maximum Gasteiger partial charge on any atom is 0.145 e.